The molecular formula is C22H31IN4O2. The summed E-state index contributed by atoms with van der Waals surface area (Å²) in [7, 11) is 3.48. The van der Waals surface area contributed by atoms with Crippen LogP contribution in [0.4, 0.5) is 0 Å². The number of hydrogen-bond acceptors (Lipinski definition) is 3. The Morgan fingerprint density at radius 3 is 2.69 bits per heavy atom. The molecule has 2 atom stereocenters. The molecule has 0 aliphatic carbocycles. The molecule has 0 spiro atoms. The number of likely N-dealkylation sites (N-methyl/N-ethyl adjacent to an activating group) is 1. The minimum absolute atomic E-state index is 0. The average molecular weight is 510 g/mol. The van der Waals surface area contributed by atoms with Crippen molar-refractivity contribution in [2.24, 2.45) is 10.9 Å². The van der Waals surface area contributed by atoms with E-state index in [2.05, 4.69) is 58.9 Å². The van der Waals surface area contributed by atoms with Crippen molar-refractivity contribution >= 4 is 46.6 Å². The van der Waals surface area contributed by atoms with Crippen LogP contribution >= 0.6 is 24.0 Å². The third-order valence-corrected chi connectivity index (χ3v) is 5.08. The highest BCUT2D eigenvalue weighted by atomic mass is 127. The maximum atomic E-state index is 12.0. The molecule has 6 nitrogen and oxygen atoms in total. The van der Waals surface area contributed by atoms with E-state index in [4.69, 9.17) is 4.74 Å². The summed E-state index contributed by atoms with van der Waals surface area (Å²) in [6.07, 6.45) is 1.05. The lowest BCUT2D eigenvalue weighted by atomic mass is 10.0. The van der Waals surface area contributed by atoms with Gasteiger partial charge in [0.2, 0.25) is 5.91 Å². The molecule has 0 aromatic heterocycles. The minimum Gasteiger partial charge on any atom is -0.381 e. The van der Waals surface area contributed by atoms with E-state index in [0.29, 0.717) is 11.9 Å². The first kappa shape index (κ1) is 23.4. The van der Waals surface area contributed by atoms with Crippen LogP contribution in [0.1, 0.15) is 24.9 Å². The molecule has 2 aromatic rings. The number of amides is 1. The van der Waals surface area contributed by atoms with Gasteiger partial charge in [0.15, 0.2) is 5.96 Å². The van der Waals surface area contributed by atoms with Gasteiger partial charge < -0.3 is 20.3 Å². The largest absolute Gasteiger partial charge is 0.381 e. The number of nitrogens with one attached hydrogen (secondary N) is 2. The van der Waals surface area contributed by atoms with E-state index < -0.39 is 0 Å². The predicted octanol–water partition coefficient (Wildman–Crippen LogP) is 3.18. The van der Waals surface area contributed by atoms with E-state index in [1.165, 1.54) is 16.3 Å². The van der Waals surface area contributed by atoms with Crippen LogP contribution in [0, 0.1) is 5.92 Å². The number of benzene rings is 2. The van der Waals surface area contributed by atoms with Crippen molar-refractivity contribution in [2.45, 2.75) is 19.4 Å². The van der Waals surface area contributed by atoms with Crippen LogP contribution in [0.25, 0.3) is 10.8 Å². The van der Waals surface area contributed by atoms with Crippen molar-refractivity contribution in [1.29, 1.82) is 0 Å². The molecule has 1 saturated heterocycles. The van der Waals surface area contributed by atoms with E-state index in [1.807, 2.05) is 6.07 Å². The van der Waals surface area contributed by atoms with E-state index in [1.54, 1.807) is 19.0 Å². The molecular weight excluding hydrogens is 479 g/mol. The molecule has 0 bridgehead atoms. The Kier molecular flexibility index (Phi) is 9.16. The van der Waals surface area contributed by atoms with Crippen LogP contribution in [0.2, 0.25) is 0 Å². The maximum Gasteiger partial charge on any atom is 0.243 e. The molecule has 158 valence electrons. The zero-order valence-corrected chi connectivity index (χ0v) is 19.7. The molecule has 0 radical (unpaired) electrons. The second-order valence-electron chi connectivity index (χ2n) is 7.54. The first-order chi connectivity index (χ1) is 13.5. The number of carbonyl (C=O) groups is 1. The lowest BCUT2D eigenvalue weighted by Gasteiger charge is -2.20. The molecule has 2 unspecified atom stereocenters. The number of ether oxygens (including phenoxy) is 1. The van der Waals surface area contributed by atoms with Crippen LogP contribution in [-0.2, 0) is 9.53 Å². The summed E-state index contributed by atoms with van der Waals surface area (Å²) in [5, 5.41) is 9.26. The number of hydrogen-bond donors (Lipinski definition) is 2. The summed E-state index contributed by atoms with van der Waals surface area (Å²) in [5.74, 6) is 1.11. The van der Waals surface area contributed by atoms with Gasteiger partial charge in [-0.15, -0.1) is 24.0 Å². The number of halogens is 1. The van der Waals surface area contributed by atoms with E-state index >= 15 is 0 Å². The molecule has 1 fully saturated rings. The van der Waals surface area contributed by atoms with Gasteiger partial charge in [-0.3, -0.25) is 4.79 Å². The standard InChI is InChI=1S/C22H30N4O2.HI/c1-16(19-9-8-18-6-4-5-7-20(18)12-19)25-22(24-14-21(27)26(2)3)23-13-17-10-11-28-15-17;/h4-9,12,16-17H,10-11,13-15H2,1-3H3,(H2,23,24,25);1H. The number of aliphatic imine (C=N–C) groups is 1. The Bertz CT molecular complexity index is 834. The van der Waals surface area contributed by atoms with Crippen molar-refractivity contribution in [3.05, 3.63) is 48.0 Å². The average Bonchev–Trinajstić information content (AvgIpc) is 3.22. The van der Waals surface area contributed by atoms with Gasteiger partial charge in [-0.1, -0.05) is 36.4 Å². The van der Waals surface area contributed by atoms with E-state index in [-0.39, 0.29) is 42.5 Å². The Morgan fingerprint density at radius 2 is 2.00 bits per heavy atom. The van der Waals surface area contributed by atoms with Gasteiger partial charge in [-0.25, -0.2) is 4.99 Å². The fraction of sp³-hybridized carbons (Fsp3) is 0.455. The Balaban J connectivity index is 0.00000300. The van der Waals surface area contributed by atoms with Gasteiger partial charge >= 0.3 is 0 Å². The second kappa shape index (κ2) is 11.3. The molecule has 29 heavy (non-hydrogen) atoms. The van der Waals surface area contributed by atoms with Crippen LogP contribution < -0.4 is 10.6 Å². The monoisotopic (exact) mass is 510 g/mol. The fourth-order valence-electron chi connectivity index (χ4n) is 3.19. The number of fused-ring (bicyclic) bond motifs is 1. The third-order valence-electron chi connectivity index (χ3n) is 5.08. The number of rotatable bonds is 6. The van der Waals surface area contributed by atoms with Gasteiger partial charge in [0.1, 0.15) is 6.54 Å². The zero-order valence-electron chi connectivity index (χ0n) is 17.4. The molecule has 1 aliphatic heterocycles. The number of carbonyl (C=O) groups excluding carboxylic acids is 1. The lowest BCUT2D eigenvalue weighted by molar-refractivity contribution is -0.127. The maximum absolute atomic E-state index is 12.0. The molecule has 1 aliphatic rings. The molecule has 7 heteroatoms. The summed E-state index contributed by atoms with van der Waals surface area (Å²) >= 11 is 0. The lowest BCUT2D eigenvalue weighted by Crippen LogP contribution is -2.42. The highest BCUT2D eigenvalue weighted by molar-refractivity contribution is 14.0. The van der Waals surface area contributed by atoms with Crippen LogP contribution in [0.5, 0.6) is 0 Å². The van der Waals surface area contributed by atoms with Gasteiger partial charge in [0.05, 0.1) is 12.6 Å². The van der Waals surface area contributed by atoms with Crippen LogP contribution in [0.15, 0.2) is 47.5 Å². The predicted molar refractivity (Wildman–Crippen MR) is 129 cm³/mol. The highest BCUT2D eigenvalue weighted by Gasteiger charge is 2.17. The fourth-order valence-corrected chi connectivity index (χ4v) is 3.19. The summed E-state index contributed by atoms with van der Waals surface area (Å²) in [6.45, 7) is 4.60. The first-order valence-electron chi connectivity index (χ1n) is 9.84. The van der Waals surface area contributed by atoms with Crippen molar-refractivity contribution in [2.75, 3.05) is 40.4 Å². The van der Waals surface area contributed by atoms with Gasteiger partial charge in [0.25, 0.3) is 0 Å². The summed E-state index contributed by atoms with van der Waals surface area (Å²) in [6, 6.07) is 14.9. The number of guanidine groups is 1. The van der Waals surface area contributed by atoms with Gasteiger partial charge in [-0.2, -0.15) is 0 Å². The smallest absolute Gasteiger partial charge is 0.243 e. The van der Waals surface area contributed by atoms with Crippen LogP contribution in [-0.4, -0.2) is 57.2 Å². The molecule has 2 aromatic carbocycles. The molecule has 0 saturated carbocycles. The zero-order chi connectivity index (χ0) is 19.9. The van der Waals surface area contributed by atoms with Crippen molar-refractivity contribution in [3.63, 3.8) is 0 Å². The highest BCUT2D eigenvalue weighted by Crippen LogP contribution is 2.20. The molecule has 3 rings (SSSR count). The first-order valence-corrected chi connectivity index (χ1v) is 9.84. The molecule has 1 heterocycles. The minimum atomic E-state index is -0.0244. The van der Waals surface area contributed by atoms with Crippen molar-refractivity contribution < 1.29 is 9.53 Å². The number of nitrogens with zero attached hydrogens (tertiary/aromatic N) is 2. The SMILES string of the molecule is CC(NC(=NCC(=O)N(C)C)NCC1CCOC1)c1ccc2ccccc2c1.I. The molecule has 1 amide bonds. The summed E-state index contributed by atoms with van der Waals surface area (Å²) in [4.78, 5) is 18.0. The quantitative estimate of drug-likeness (QED) is 0.356. The molecule has 2 N–H and O–H groups in total. The van der Waals surface area contributed by atoms with Crippen LogP contribution in [0.3, 0.4) is 0 Å². The Morgan fingerprint density at radius 1 is 1.24 bits per heavy atom. The third kappa shape index (κ3) is 6.85. The second-order valence-corrected chi connectivity index (χ2v) is 7.54. The normalized spacial score (nSPS) is 17.5. The van der Waals surface area contributed by atoms with Crippen molar-refractivity contribution in [3.8, 4) is 0 Å². The summed E-state index contributed by atoms with van der Waals surface area (Å²) in [5.41, 5.74) is 1.18. The summed E-state index contributed by atoms with van der Waals surface area (Å²) < 4.78 is 5.45. The van der Waals surface area contributed by atoms with Crippen molar-refractivity contribution in [1.82, 2.24) is 15.5 Å². The Hall–Kier alpha value is -1.87. The van der Waals surface area contributed by atoms with E-state index in [9.17, 15) is 4.79 Å². The topological polar surface area (TPSA) is 66.0 Å². The van der Waals surface area contributed by atoms with E-state index in [0.717, 1.165) is 26.2 Å². The Labute approximate surface area is 190 Å². The van der Waals surface area contributed by atoms with Gasteiger partial charge in [0, 0.05) is 33.2 Å². The van der Waals surface area contributed by atoms with Gasteiger partial charge in [-0.05, 0) is 35.7 Å².